The lowest BCUT2D eigenvalue weighted by Crippen LogP contribution is -2.25. The number of sulfonamides is 1. The monoisotopic (exact) mass is 455 g/mol. The zero-order valence-electron chi connectivity index (χ0n) is 18.3. The summed E-state index contributed by atoms with van der Waals surface area (Å²) in [5.41, 5.74) is 3.35. The van der Waals surface area contributed by atoms with Crippen LogP contribution in [0.15, 0.2) is 45.3 Å². The van der Waals surface area contributed by atoms with Crippen molar-refractivity contribution in [1.29, 1.82) is 0 Å². The van der Waals surface area contributed by atoms with Crippen LogP contribution in [0.5, 0.6) is 0 Å². The number of allylic oxidation sites excluding steroid dienone is 1. The van der Waals surface area contributed by atoms with Crippen molar-refractivity contribution in [1.82, 2.24) is 9.88 Å². The largest absolute Gasteiger partial charge is 0.354 e. The minimum atomic E-state index is -3.54. The van der Waals surface area contributed by atoms with Gasteiger partial charge in [0.15, 0.2) is 5.76 Å². The number of rotatable bonds is 9. The summed E-state index contributed by atoms with van der Waals surface area (Å²) < 4.78 is 33.1. The normalized spacial score (nSPS) is 16.8. The van der Waals surface area contributed by atoms with Crippen LogP contribution in [0.25, 0.3) is 12.2 Å². The van der Waals surface area contributed by atoms with Crippen molar-refractivity contribution in [3.63, 3.8) is 0 Å². The van der Waals surface area contributed by atoms with Gasteiger partial charge < -0.3 is 9.84 Å². The van der Waals surface area contributed by atoms with Crippen LogP contribution in [0.2, 0.25) is 0 Å². The predicted octanol–water partition coefficient (Wildman–Crippen LogP) is 4.67. The molecule has 0 unspecified atom stereocenters. The number of nitrogens with zero attached hydrogens (tertiary/aromatic N) is 1. The summed E-state index contributed by atoms with van der Waals surface area (Å²) in [7, 11) is -3.54. The molecule has 2 aromatic rings. The van der Waals surface area contributed by atoms with E-state index in [1.54, 1.807) is 43.3 Å². The van der Waals surface area contributed by atoms with Gasteiger partial charge in [-0.15, -0.1) is 0 Å². The second-order valence-corrected chi connectivity index (χ2v) is 10.2. The average molecular weight is 456 g/mol. The van der Waals surface area contributed by atoms with E-state index in [2.05, 4.69) is 21.3 Å². The Morgan fingerprint density at radius 3 is 2.66 bits per heavy atom. The predicted molar refractivity (Wildman–Crippen MR) is 124 cm³/mol. The van der Waals surface area contributed by atoms with E-state index in [-0.39, 0.29) is 16.7 Å². The lowest BCUT2D eigenvalue weighted by molar-refractivity contribution is -0.117. The van der Waals surface area contributed by atoms with Gasteiger partial charge in [0.1, 0.15) is 11.4 Å². The molecule has 2 aliphatic rings. The highest BCUT2D eigenvalue weighted by molar-refractivity contribution is 7.89. The van der Waals surface area contributed by atoms with E-state index < -0.39 is 10.0 Å². The Kier molecular flexibility index (Phi) is 6.91. The van der Waals surface area contributed by atoms with Crippen LogP contribution in [-0.4, -0.2) is 26.0 Å². The molecule has 0 bridgehead atoms. The molecule has 1 heterocycles. The minimum Gasteiger partial charge on any atom is -0.354 e. The van der Waals surface area contributed by atoms with Crippen LogP contribution in [0.4, 0.5) is 5.69 Å². The molecular weight excluding hydrogens is 426 g/mol. The second-order valence-electron chi connectivity index (χ2n) is 8.43. The van der Waals surface area contributed by atoms with Crippen LogP contribution < -0.4 is 10.0 Å². The highest BCUT2D eigenvalue weighted by Crippen LogP contribution is 2.32. The highest BCUT2D eigenvalue weighted by Gasteiger charge is 2.30. The first kappa shape index (κ1) is 22.5. The fraction of sp³-hybridized carbons (Fsp3) is 0.417. The quantitative estimate of drug-likeness (QED) is 0.535. The molecule has 0 atom stereocenters. The molecule has 1 aromatic heterocycles. The highest BCUT2D eigenvalue weighted by atomic mass is 32.2. The van der Waals surface area contributed by atoms with Gasteiger partial charge in [0.05, 0.1) is 4.90 Å². The smallest absolute Gasteiger partial charge is 0.240 e. The number of hydrogen-bond donors (Lipinski definition) is 2. The van der Waals surface area contributed by atoms with Gasteiger partial charge in [-0.3, -0.25) is 4.79 Å². The van der Waals surface area contributed by atoms with Crippen molar-refractivity contribution in [2.45, 2.75) is 56.8 Å². The molecule has 170 valence electrons. The van der Waals surface area contributed by atoms with Crippen molar-refractivity contribution >= 4 is 33.8 Å². The summed E-state index contributed by atoms with van der Waals surface area (Å²) in [6, 6.07) is 6.65. The first-order valence-electron chi connectivity index (χ1n) is 11.2. The summed E-state index contributed by atoms with van der Waals surface area (Å²) in [6.45, 7) is 2.19. The Morgan fingerprint density at radius 1 is 1.19 bits per heavy atom. The molecule has 2 aliphatic carbocycles. The van der Waals surface area contributed by atoms with E-state index in [1.165, 1.54) is 18.4 Å². The van der Waals surface area contributed by atoms with Gasteiger partial charge in [-0.05, 0) is 75.6 Å². The number of carbonyl (C=O) groups excluding carboxylic acids is 1. The Labute approximate surface area is 189 Å². The number of anilines is 1. The Hall–Kier alpha value is -2.71. The van der Waals surface area contributed by atoms with E-state index in [0.717, 1.165) is 37.7 Å². The van der Waals surface area contributed by atoms with Crippen LogP contribution in [0, 0.1) is 12.8 Å². The van der Waals surface area contributed by atoms with E-state index >= 15 is 0 Å². The molecule has 8 heteroatoms. The number of carbonyl (C=O) groups is 1. The summed E-state index contributed by atoms with van der Waals surface area (Å²) in [5, 5.41) is 6.83. The first-order valence-corrected chi connectivity index (χ1v) is 12.6. The molecule has 1 saturated carbocycles. The molecule has 1 aromatic carbocycles. The number of amides is 1. The topological polar surface area (TPSA) is 101 Å². The molecule has 0 saturated heterocycles. The van der Waals surface area contributed by atoms with Crippen molar-refractivity contribution in [2.24, 2.45) is 5.92 Å². The van der Waals surface area contributed by atoms with Crippen molar-refractivity contribution in [3.05, 3.63) is 52.9 Å². The van der Waals surface area contributed by atoms with Gasteiger partial charge in [0.25, 0.3) is 0 Å². The molecule has 0 radical (unpaired) electrons. The number of aromatic nitrogens is 1. The maximum absolute atomic E-state index is 12.6. The molecule has 7 nitrogen and oxygen atoms in total. The average Bonchev–Trinajstić information content (AvgIpc) is 3.59. The van der Waals surface area contributed by atoms with E-state index in [1.807, 2.05) is 0 Å². The van der Waals surface area contributed by atoms with E-state index in [4.69, 9.17) is 4.52 Å². The van der Waals surface area contributed by atoms with Crippen LogP contribution in [0.1, 0.15) is 62.0 Å². The van der Waals surface area contributed by atoms with Crippen LogP contribution >= 0.6 is 0 Å². The maximum Gasteiger partial charge on any atom is 0.240 e. The molecular formula is C24H29N3O4S. The van der Waals surface area contributed by atoms with Crippen LogP contribution in [-0.2, 0) is 14.8 Å². The minimum absolute atomic E-state index is 0.00668. The molecule has 0 aliphatic heterocycles. The van der Waals surface area contributed by atoms with Crippen molar-refractivity contribution in [2.75, 3.05) is 11.9 Å². The lowest BCUT2D eigenvalue weighted by Gasteiger charge is -2.13. The molecule has 1 amide bonds. The maximum atomic E-state index is 12.6. The summed E-state index contributed by atoms with van der Waals surface area (Å²) in [6.07, 6.45) is 12.9. The number of aryl methyl sites for hydroxylation is 1. The third-order valence-electron chi connectivity index (χ3n) is 5.83. The van der Waals surface area contributed by atoms with Gasteiger partial charge in [-0.1, -0.05) is 35.0 Å². The second kappa shape index (κ2) is 9.83. The Balaban J connectivity index is 1.36. The standard InChI is InChI=1S/C24H29N3O4S/c1-17-23(26-24(28)20-10-11-20)22(31-27-17)14-9-19-7-12-21(13-8-19)32(29,30)25-16-15-18-5-3-2-4-6-18/h5,7-9,12-14,20,25H,2-4,6,10-11,15-16H2,1H3,(H,26,28)/b14-9-. The lowest BCUT2D eigenvalue weighted by atomic mass is 9.97. The molecule has 2 N–H and O–H groups in total. The Bertz CT molecular complexity index is 1130. The first-order chi connectivity index (χ1) is 15.4. The molecule has 32 heavy (non-hydrogen) atoms. The number of benzene rings is 1. The number of hydrogen-bond acceptors (Lipinski definition) is 5. The number of nitrogens with one attached hydrogen (secondary N) is 2. The summed E-state index contributed by atoms with van der Waals surface area (Å²) in [4.78, 5) is 12.3. The summed E-state index contributed by atoms with van der Waals surface area (Å²) >= 11 is 0. The van der Waals surface area contributed by atoms with Gasteiger partial charge >= 0.3 is 0 Å². The van der Waals surface area contributed by atoms with E-state index in [9.17, 15) is 13.2 Å². The van der Waals surface area contributed by atoms with Crippen molar-refractivity contribution in [3.8, 4) is 0 Å². The molecule has 4 rings (SSSR count). The van der Waals surface area contributed by atoms with Gasteiger partial charge in [0, 0.05) is 12.5 Å². The fourth-order valence-electron chi connectivity index (χ4n) is 3.71. The zero-order chi connectivity index (χ0) is 22.6. The third kappa shape index (κ3) is 5.75. The zero-order valence-corrected chi connectivity index (χ0v) is 19.1. The van der Waals surface area contributed by atoms with Gasteiger partial charge in [-0.25, -0.2) is 13.1 Å². The van der Waals surface area contributed by atoms with Crippen molar-refractivity contribution < 1.29 is 17.7 Å². The van der Waals surface area contributed by atoms with Gasteiger partial charge in [0.2, 0.25) is 15.9 Å². The van der Waals surface area contributed by atoms with E-state index in [0.29, 0.717) is 23.7 Å². The molecule has 1 fully saturated rings. The summed E-state index contributed by atoms with van der Waals surface area (Å²) in [5.74, 6) is 0.545. The fourth-order valence-corrected chi connectivity index (χ4v) is 4.75. The Morgan fingerprint density at radius 2 is 1.97 bits per heavy atom. The van der Waals surface area contributed by atoms with Crippen LogP contribution in [0.3, 0.4) is 0 Å². The SMILES string of the molecule is Cc1noc(/C=C\c2ccc(S(=O)(=O)NCCC3=CCCCC3)cc2)c1NC(=O)C1CC1. The molecule has 0 spiro atoms. The third-order valence-corrected chi connectivity index (χ3v) is 7.30. The van der Waals surface area contributed by atoms with Gasteiger partial charge in [-0.2, -0.15) is 0 Å².